The van der Waals surface area contributed by atoms with Crippen molar-refractivity contribution in [1.82, 2.24) is 16.0 Å². The number of carbonyl (C=O) groups is 4. The Balaban J connectivity index is 1.23. The maximum absolute atomic E-state index is 13.8. The van der Waals surface area contributed by atoms with Gasteiger partial charge in [0, 0.05) is 22.4 Å². The van der Waals surface area contributed by atoms with E-state index in [9.17, 15) is 19.2 Å². The fourth-order valence-electron chi connectivity index (χ4n) is 8.12. The van der Waals surface area contributed by atoms with Crippen LogP contribution in [0.3, 0.4) is 0 Å². The number of halogens is 1. The van der Waals surface area contributed by atoms with Gasteiger partial charge in [-0.25, -0.2) is 9.59 Å². The molecule has 5 rings (SSSR count). The fourth-order valence-corrected chi connectivity index (χ4v) is 8.34. The van der Waals surface area contributed by atoms with Gasteiger partial charge in [0.25, 0.3) is 0 Å². The molecule has 4 unspecified atom stereocenters. The van der Waals surface area contributed by atoms with E-state index in [1.807, 2.05) is 24.3 Å². The van der Waals surface area contributed by atoms with Crippen molar-refractivity contribution in [3.63, 3.8) is 0 Å². The molecule has 3 aliphatic carbocycles. The van der Waals surface area contributed by atoms with Gasteiger partial charge in [-0.1, -0.05) is 68.7 Å². The minimum atomic E-state index is -0.983. The van der Waals surface area contributed by atoms with Gasteiger partial charge in [-0.05, 0) is 81.4 Å². The molecule has 242 valence electrons. The van der Waals surface area contributed by atoms with E-state index in [1.54, 1.807) is 0 Å². The molecule has 3 saturated carbocycles. The maximum Gasteiger partial charge on any atom is 0.408 e. The summed E-state index contributed by atoms with van der Waals surface area (Å²) >= 11 is 6.18. The van der Waals surface area contributed by atoms with Crippen molar-refractivity contribution in [2.24, 2.45) is 17.8 Å². The first-order valence-electron chi connectivity index (χ1n) is 16.7. The van der Waals surface area contributed by atoms with Crippen molar-refractivity contribution >= 4 is 35.5 Å². The zero-order chi connectivity index (χ0) is 31.1. The van der Waals surface area contributed by atoms with Gasteiger partial charge in [-0.15, -0.1) is 0 Å². The highest BCUT2D eigenvalue weighted by Crippen LogP contribution is 2.40. The molecule has 3 amide bonds. The Morgan fingerprint density at radius 3 is 2.48 bits per heavy atom. The number of methoxy groups -OCH3 is 1. The van der Waals surface area contributed by atoms with Crippen LogP contribution in [0.25, 0.3) is 0 Å². The van der Waals surface area contributed by atoms with Crippen LogP contribution in [0.5, 0.6) is 0 Å². The summed E-state index contributed by atoms with van der Waals surface area (Å²) in [4.78, 5) is 52.7. The average molecular weight is 630 g/mol. The quantitative estimate of drug-likeness (QED) is 0.273. The molecule has 5 atom stereocenters. The van der Waals surface area contributed by atoms with Crippen LogP contribution in [0.15, 0.2) is 24.3 Å². The van der Waals surface area contributed by atoms with E-state index in [4.69, 9.17) is 21.1 Å². The van der Waals surface area contributed by atoms with Crippen LogP contribution in [-0.4, -0.2) is 54.7 Å². The van der Waals surface area contributed by atoms with Crippen LogP contribution in [-0.2, 0) is 30.3 Å². The summed E-state index contributed by atoms with van der Waals surface area (Å²) in [5.41, 5.74) is 0.920. The van der Waals surface area contributed by atoms with Gasteiger partial charge < -0.3 is 25.4 Å². The number of amides is 3. The third kappa shape index (κ3) is 8.46. The molecule has 1 saturated heterocycles. The third-order valence-electron chi connectivity index (χ3n) is 10.4. The van der Waals surface area contributed by atoms with Crippen LogP contribution >= 0.6 is 11.6 Å². The van der Waals surface area contributed by atoms with E-state index < -0.39 is 30.1 Å². The summed E-state index contributed by atoms with van der Waals surface area (Å²) in [7, 11) is 1.28. The Morgan fingerprint density at radius 1 is 0.977 bits per heavy atom. The first-order valence-corrected chi connectivity index (χ1v) is 17.0. The molecule has 3 N–H and O–H groups in total. The number of alkyl carbamates (subject to hydrolysis) is 1. The summed E-state index contributed by atoms with van der Waals surface area (Å²) < 4.78 is 11.0. The van der Waals surface area contributed by atoms with Crippen LogP contribution < -0.4 is 16.0 Å². The highest BCUT2D eigenvalue weighted by atomic mass is 35.5. The van der Waals surface area contributed by atoms with Crippen molar-refractivity contribution in [1.29, 1.82) is 0 Å². The SMILES string of the molecule is COC(=O)C(CC1CC2(CCCC2)NC1=O)NC(=O)[C@H](CC1CCCCC1)NC(=O)OC1CCCC1Cc1cccc(Cl)c1. The monoisotopic (exact) mass is 629 g/mol. The molecule has 44 heavy (non-hydrogen) atoms. The Morgan fingerprint density at radius 2 is 1.75 bits per heavy atom. The molecule has 1 aromatic rings. The highest BCUT2D eigenvalue weighted by Gasteiger charge is 2.47. The van der Waals surface area contributed by atoms with E-state index in [1.165, 1.54) is 13.5 Å². The second kappa shape index (κ2) is 15.0. The molecular formula is C34H48ClN3O6. The van der Waals surface area contributed by atoms with Crippen molar-refractivity contribution in [2.75, 3.05) is 7.11 Å². The highest BCUT2D eigenvalue weighted by molar-refractivity contribution is 6.30. The first-order chi connectivity index (χ1) is 21.2. The molecule has 1 aliphatic heterocycles. The smallest absolute Gasteiger partial charge is 0.408 e. The lowest BCUT2D eigenvalue weighted by atomic mass is 9.84. The van der Waals surface area contributed by atoms with E-state index in [-0.39, 0.29) is 35.8 Å². The molecule has 4 aliphatic rings. The number of rotatable bonds is 11. The van der Waals surface area contributed by atoms with E-state index >= 15 is 0 Å². The lowest BCUT2D eigenvalue weighted by Gasteiger charge is -2.29. The van der Waals surface area contributed by atoms with Gasteiger partial charge in [0.05, 0.1) is 7.11 Å². The van der Waals surface area contributed by atoms with E-state index in [2.05, 4.69) is 16.0 Å². The second-order valence-electron chi connectivity index (χ2n) is 13.6. The van der Waals surface area contributed by atoms with Crippen LogP contribution in [0.4, 0.5) is 4.79 Å². The van der Waals surface area contributed by atoms with Crippen LogP contribution in [0, 0.1) is 17.8 Å². The molecule has 0 aromatic heterocycles. The van der Waals surface area contributed by atoms with Crippen LogP contribution in [0.1, 0.15) is 102 Å². The molecule has 1 spiro atoms. The predicted molar refractivity (Wildman–Crippen MR) is 167 cm³/mol. The summed E-state index contributed by atoms with van der Waals surface area (Å²) in [5.74, 6) is -1.02. The number of ether oxygens (including phenoxy) is 2. The summed E-state index contributed by atoms with van der Waals surface area (Å²) in [6, 6.07) is 5.91. The Hall–Kier alpha value is -2.81. The standard InChI is InChI=1S/C34H48ClN3O6/c1-43-32(41)28(20-25-21-34(38-30(25)39)15-5-6-16-34)36-31(40)27(19-22-9-3-2-4-10-22)37-33(42)44-29-14-8-12-24(29)17-23-11-7-13-26(35)18-23/h7,11,13,18,22,24-25,27-29H,2-6,8-10,12,14-17,19-21H2,1H3,(H,36,40)(H,37,42)(H,38,39)/t24?,25?,27-,28?,29?/m0/s1. The van der Waals surface area contributed by atoms with E-state index in [0.717, 1.165) is 82.6 Å². The first kappa shape index (κ1) is 32.6. The van der Waals surface area contributed by atoms with Gasteiger partial charge in [-0.3, -0.25) is 9.59 Å². The zero-order valence-corrected chi connectivity index (χ0v) is 26.7. The van der Waals surface area contributed by atoms with Gasteiger partial charge in [0.1, 0.15) is 18.2 Å². The van der Waals surface area contributed by atoms with Gasteiger partial charge in [0.15, 0.2) is 0 Å². The molecule has 0 radical (unpaired) electrons. The molecule has 10 heteroatoms. The Kier molecular flexibility index (Phi) is 11.1. The Labute approximate surface area is 265 Å². The number of esters is 1. The number of hydrogen-bond donors (Lipinski definition) is 3. The molecule has 0 bridgehead atoms. The normalized spacial score (nSPS) is 26.1. The number of carbonyl (C=O) groups excluding carboxylic acids is 4. The zero-order valence-electron chi connectivity index (χ0n) is 25.9. The largest absolute Gasteiger partial charge is 0.467 e. The fraction of sp³-hybridized carbons (Fsp3) is 0.706. The molecule has 9 nitrogen and oxygen atoms in total. The second-order valence-corrected chi connectivity index (χ2v) is 14.0. The lowest BCUT2D eigenvalue weighted by Crippen LogP contribution is -2.53. The van der Waals surface area contributed by atoms with Crippen molar-refractivity contribution in [3.8, 4) is 0 Å². The molecule has 1 heterocycles. The molecular weight excluding hydrogens is 582 g/mol. The number of hydrogen-bond acceptors (Lipinski definition) is 6. The number of benzene rings is 1. The average Bonchev–Trinajstić information content (AvgIpc) is 3.72. The molecule has 1 aromatic carbocycles. The summed E-state index contributed by atoms with van der Waals surface area (Å²) in [6.07, 6.45) is 13.3. The molecule has 4 fully saturated rings. The minimum Gasteiger partial charge on any atom is -0.467 e. The lowest BCUT2D eigenvalue weighted by molar-refractivity contribution is -0.146. The summed E-state index contributed by atoms with van der Waals surface area (Å²) in [6.45, 7) is 0. The van der Waals surface area contributed by atoms with Crippen molar-refractivity contribution in [3.05, 3.63) is 34.9 Å². The number of nitrogens with one attached hydrogen (secondary N) is 3. The van der Waals surface area contributed by atoms with Gasteiger partial charge in [-0.2, -0.15) is 0 Å². The van der Waals surface area contributed by atoms with Gasteiger partial charge >= 0.3 is 12.1 Å². The summed E-state index contributed by atoms with van der Waals surface area (Å²) in [5, 5.41) is 9.57. The Bertz CT molecular complexity index is 1180. The topological polar surface area (TPSA) is 123 Å². The van der Waals surface area contributed by atoms with Crippen LogP contribution in [0.2, 0.25) is 5.02 Å². The predicted octanol–water partition coefficient (Wildman–Crippen LogP) is 5.61. The van der Waals surface area contributed by atoms with Crippen molar-refractivity contribution in [2.45, 2.75) is 126 Å². The van der Waals surface area contributed by atoms with E-state index in [0.29, 0.717) is 23.8 Å². The van der Waals surface area contributed by atoms with Crippen molar-refractivity contribution < 1.29 is 28.7 Å². The maximum atomic E-state index is 13.8. The van der Waals surface area contributed by atoms with Gasteiger partial charge in [0.2, 0.25) is 11.8 Å². The third-order valence-corrected chi connectivity index (χ3v) is 10.7. The minimum absolute atomic E-state index is 0.0700.